The molecule has 9 heteroatoms. The van der Waals surface area contributed by atoms with Crippen molar-refractivity contribution in [1.29, 1.82) is 0 Å². The second-order valence-corrected chi connectivity index (χ2v) is 9.53. The van der Waals surface area contributed by atoms with Gasteiger partial charge in [0.2, 0.25) is 10.0 Å². The minimum Gasteiger partial charge on any atom is -0.366 e. The number of ketones is 1. The fraction of sp³-hybridized carbons (Fsp3) is 0.318. The first kappa shape index (κ1) is 21.2. The number of hydrogen-bond acceptors (Lipinski definition) is 6. The Balaban J connectivity index is 1.54. The Morgan fingerprint density at radius 2 is 1.74 bits per heavy atom. The van der Waals surface area contributed by atoms with Gasteiger partial charge < -0.3 is 4.90 Å². The minimum atomic E-state index is -3.66. The zero-order valence-corrected chi connectivity index (χ0v) is 18.6. The van der Waals surface area contributed by atoms with Gasteiger partial charge in [0.25, 0.3) is 0 Å². The predicted molar refractivity (Wildman–Crippen MR) is 118 cm³/mol. The first-order valence-corrected chi connectivity index (χ1v) is 11.6. The maximum absolute atomic E-state index is 13.1. The maximum Gasteiger partial charge on any atom is 0.243 e. The second kappa shape index (κ2) is 8.24. The monoisotopic (exact) mass is 439 g/mol. The summed E-state index contributed by atoms with van der Waals surface area (Å²) in [4.78, 5) is 18.4. The number of sulfonamides is 1. The molecule has 0 radical (unpaired) electrons. The molecule has 4 rings (SSSR count). The Hall–Kier alpha value is -3.04. The summed E-state index contributed by atoms with van der Waals surface area (Å²) in [5, 5.41) is 4.65. The zero-order valence-electron chi connectivity index (χ0n) is 17.8. The van der Waals surface area contributed by atoms with Gasteiger partial charge in [0.1, 0.15) is 0 Å². The second-order valence-electron chi connectivity index (χ2n) is 7.59. The zero-order chi connectivity index (χ0) is 22.2. The summed E-state index contributed by atoms with van der Waals surface area (Å²) in [6, 6.07) is 11.9. The summed E-state index contributed by atoms with van der Waals surface area (Å²) < 4.78 is 29.5. The number of carbonyl (C=O) groups excluding carboxylic acids is 1. The van der Waals surface area contributed by atoms with E-state index in [1.807, 2.05) is 36.7 Å². The van der Waals surface area contributed by atoms with Crippen LogP contribution in [-0.2, 0) is 10.0 Å². The van der Waals surface area contributed by atoms with Crippen LogP contribution in [0.15, 0.2) is 53.6 Å². The number of Topliss-reactive ketones (excluding diaryl/α,β-unsaturated/α-hetero) is 1. The number of aromatic nitrogens is 3. The lowest BCUT2D eigenvalue weighted by Crippen LogP contribution is -2.49. The Morgan fingerprint density at radius 1 is 1.00 bits per heavy atom. The number of nitrogens with zero attached hydrogens (tertiary/aromatic N) is 5. The molecule has 8 nitrogen and oxygen atoms in total. The number of pyridine rings is 1. The largest absolute Gasteiger partial charge is 0.366 e. The molecule has 1 aromatic carbocycles. The molecule has 31 heavy (non-hydrogen) atoms. The van der Waals surface area contributed by atoms with Gasteiger partial charge in [0, 0.05) is 37.9 Å². The summed E-state index contributed by atoms with van der Waals surface area (Å²) in [5.74, 6) is 0.596. The molecule has 0 aliphatic carbocycles. The Morgan fingerprint density at radius 3 is 2.39 bits per heavy atom. The average Bonchev–Trinajstić information content (AvgIpc) is 3.08. The molecule has 2 aromatic heterocycles. The topological polar surface area (TPSA) is 88.4 Å². The SMILES string of the molecule is CC(=O)c1cccc(S(=O)(=O)N2CCN(c3c(C)nn(-c4ccccn4)c3C)CC2)c1. The van der Waals surface area contributed by atoms with Crippen molar-refractivity contribution in [3.05, 3.63) is 65.6 Å². The van der Waals surface area contributed by atoms with Gasteiger partial charge in [-0.1, -0.05) is 18.2 Å². The summed E-state index contributed by atoms with van der Waals surface area (Å²) in [6.45, 7) is 7.22. The molecule has 0 bridgehead atoms. The molecule has 1 saturated heterocycles. The van der Waals surface area contributed by atoms with E-state index in [1.54, 1.807) is 24.4 Å². The number of carbonyl (C=O) groups is 1. The Labute approximate surface area is 182 Å². The number of aryl methyl sites for hydroxylation is 1. The molecule has 0 N–H and O–H groups in total. The molecule has 3 heterocycles. The number of piperazine rings is 1. The molecular formula is C22H25N5O3S. The molecule has 0 atom stereocenters. The smallest absolute Gasteiger partial charge is 0.243 e. The van der Waals surface area contributed by atoms with Gasteiger partial charge in [-0.15, -0.1) is 0 Å². The molecule has 3 aromatic rings. The molecule has 162 valence electrons. The minimum absolute atomic E-state index is 0.155. The van der Waals surface area contributed by atoms with E-state index in [-0.39, 0.29) is 10.7 Å². The number of rotatable bonds is 5. The van der Waals surface area contributed by atoms with Crippen LogP contribution in [0, 0.1) is 13.8 Å². The molecule has 0 spiro atoms. The highest BCUT2D eigenvalue weighted by Gasteiger charge is 2.30. The van der Waals surface area contributed by atoms with Crippen molar-refractivity contribution in [2.75, 3.05) is 31.1 Å². The molecular weight excluding hydrogens is 414 g/mol. The van der Waals surface area contributed by atoms with Gasteiger partial charge in [-0.25, -0.2) is 18.1 Å². The lowest BCUT2D eigenvalue weighted by molar-refractivity contribution is 0.101. The van der Waals surface area contributed by atoms with Crippen molar-refractivity contribution in [1.82, 2.24) is 19.1 Å². The lowest BCUT2D eigenvalue weighted by Gasteiger charge is -2.35. The Bertz CT molecular complexity index is 1210. The first-order chi connectivity index (χ1) is 14.8. The van der Waals surface area contributed by atoms with Gasteiger partial charge in [-0.2, -0.15) is 9.40 Å². The standard InChI is InChI=1S/C22H25N5O3S/c1-16-22(17(2)27(24-16)21-9-4-5-10-23-21)25-11-13-26(14-12-25)31(29,30)20-8-6-7-19(15-20)18(3)28/h4-10,15H,11-14H2,1-3H3. The van der Waals surface area contributed by atoms with E-state index < -0.39 is 10.0 Å². The van der Waals surface area contributed by atoms with E-state index in [0.29, 0.717) is 31.7 Å². The summed E-state index contributed by atoms with van der Waals surface area (Å²) >= 11 is 0. The van der Waals surface area contributed by atoms with E-state index in [9.17, 15) is 13.2 Å². The van der Waals surface area contributed by atoms with Crippen LogP contribution in [0.2, 0.25) is 0 Å². The normalized spacial score (nSPS) is 15.3. The van der Waals surface area contributed by atoms with E-state index in [1.165, 1.54) is 17.3 Å². The summed E-state index contributed by atoms with van der Waals surface area (Å²) in [7, 11) is -3.66. The van der Waals surface area contributed by atoms with Crippen LogP contribution in [-0.4, -0.2) is 59.4 Å². The van der Waals surface area contributed by atoms with E-state index in [4.69, 9.17) is 0 Å². The van der Waals surface area contributed by atoms with Crippen LogP contribution in [0.3, 0.4) is 0 Å². The van der Waals surface area contributed by atoms with Gasteiger partial charge in [-0.3, -0.25) is 4.79 Å². The van der Waals surface area contributed by atoms with Gasteiger partial charge in [0.05, 0.1) is 22.0 Å². The molecule has 0 saturated carbocycles. The molecule has 1 fully saturated rings. The molecule has 0 unspecified atom stereocenters. The highest BCUT2D eigenvalue weighted by molar-refractivity contribution is 7.89. The van der Waals surface area contributed by atoms with Crippen molar-refractivity contribution >= 4 is 21.5 Å². The van der Waals surface area contributed by atoms with Crippen molar-refractivity contribution in [2.24, 2.45) is 0 Å². The summed E-state index contributed by atoms with van der Waals surface area (Å²) in [6.07, 6.45) is 1.73. The van der Waals surface area contributed by atoms with Crippen LogP contribution >= 0.6 is 0 Å². The quantitative estimate of drug-likeness (QED) is 0.568. The van der Waals surface area contributed by atoms with Crippen LogP contribution in [0.1, 0.15) is 28.7 Å². The van der Waals surface area contributed by atoms with Crippen molar-refractivity contribution in [3.8, 4) is 5.82 Å². The van der Waals surface area contributed by atoms with Crippen LogP contribution < -0.4 is 4.90 Å². The molecule has 1 aliphatic rings. The fourth-order valence-corrected chi connectivity index (χ4v) is 5.44. The number of benzene rings is 1. The third kappa shape index (κ3) is 3.98. The van der Waals surface area contributed by atoms with Crippen molar-refractivity contribution < 1.29 is 13.2 Å². The third-order valence-corrected chi connectivity index (χ3v) is 7.45. The van der Waals surface area contributed by atoms with Gasteiger partial charge >= 0.3 is 0 Å². The number of hydrogen-bond donors (Lipinski definition) is 0. The van der Waals surface area contributed by atoms with E-state index in [2.05, 4.69) is 15.0 Å². The predicted octanol–water partition coefficient (Wildman–Crippen LogP) is 2.60. The first-order valence-electron chi connectivity index (χ1n) is 10.1. The molecule has 0 amide bonds. The summed E-state index contributed by atoms with van der Waals surface area (Å²) in [5.41, 5.74) is 3.27. The molecule has 1 aliphatic heterocycles. The van der Waals surface area contributed by atoms with E-state index in [0.717, 1.165) is 22.9 Å². The van der Waals surface area contributed by atoms with Crippen molar-refractivity contribution in [2.45, 2.75) is 25.7 Å². The van der Waals surface area contributed by atoms with Crippen LogP contribution in [0.4, 0.5) is 5.69 Å². The third-order valence-electron chi connectivity index (χ3n) is 5.55. The van der Waals surface area contributed by atoms with Crippen LogP contribution in [0.25, 0.3) is 5.82 Å². The number of anilines is 1. The lowest BCUT2D eigenvalue weighted by atomic mass is 10.2. The van der Waals surface area contributed by atoms with Gasteiger partial charge in [-0.05, 0) is 45.0 Å². The average molecular weight is 440 g/mol. The van der Waals surface area contributed by atoms with Gasteiger partial charge in [0.15, 0.2) is 11.6 Å². The van der Waals surface area contributed by atoms with Crippen LogP contribution in [0.5, 0.6) is 0 Å². The Kier molecular flexibility index (Phi) is 5.63. The highest BCUT2D eigenvalue weighted by Crippen LogP contribution is 2.28. The van der Waals surface area contributed by atoms with E-state index >= 15 is 0 Å². The maximum atomic E-state index is 13.1. The van der Waals surface area contributed by atoms with Crippen molar-refractivity contribution in [3.63, 3.8) is 0 Å². The highest BCUT2D eigenvalue weighted by atomic mass is 32.2. The fourth-order valence-electron chi connectivity index (χ4n) is 3.97.